The number of carbonyl (C=O) groups is 4. The molecule has 73 heavy (non-hydrogen) atoms. The summed E-state index contributed by atoms with van der Waals surface area (Å²) in [7, 11) is 0. The smallest absolute Gasteiger partial charge is 0.258 e. The van der Waals surface area contributed by atoms with Crippen LogP contribution in [0.3, 0.4) is 0 Å². The van der Waals surface area contributed by atoms with Crippen LogP contribution in [0.15, 0.2) is 76.4 Å². The van der Waals surface area contributed by atoms with E-state index in [4.69, 9.17) is 30.6 Å². The van der Waals surface area contributed by atoms with Crippen LogP contribution in [-0.4, -0.2) is 113 Å². The van der Waals surface area contributed by atoms with Crippen molar-refractivity contribution in [3.63, 3.8) is 0 Å². The lowest BCUT2D eigenvalue weighted by Crippen LogP contribution is -2.58. The highest BCUT2D eigenvalue weighted by molar-refractivity contribution is 7.15. The van der Waals surface area contributed by atoms with Crippen molar-refractivity contribution < 1.29 is 38.3 Å². The van der Waals surface area contributed by atoms with Crippen LogP contribution in [0, 0.1) is 33.1 Å². The van der Waals surface area contributed by atoms with Gasteiger partial charge in [0.25, 0.3) is 11.8 Å². The largest absolute Gasteiger partial charge is 0.482 e. The number of nitrogens with zero attached hydrogens (tertiary/aromatic N) is 8. The Hall–Kier alpha value is -7.03. The van der Waals surface area contributed by atoms with Crippen LogP contribution >= 0.6 is 22.9 Å². The summed E-state index contributed by atoms with van der Waals surface area (Å²) in [5.41, 5.74) is 4.56. The van der Waals surface area contributed by atoms with Gasteiger partial charge in [-0.05, 0) is 81.5 Å². The molecule has 0 spiro atoms. The lowest BCUT2D eigenvalue weighted by atomic mass is 9.85. The Bertz CT molecular complexity index is 3050. The Morgan fingerprint density at radius 3 is 2.33 bits per heavy atom. The summed E-state index contributed by atoms with van der Waals surface area (Å²) in [6.45, 7) is 14.6. The molecule has 1 saturated carbocycles. The number of amides is 4. The summed E-state index contributed by atoms with van der Waals surface area (Å²) in [6.07, 6.45) is 1.61. The second-order valence-corrected chi connectivity index (χ2v) is 21.6. The number of aromatic nitrogens is 6. The van der Waals surface area contributed by atoms with Crippen LogP contribution in [0.2, 0.25) is 5.02 Å². The van der Waals surface area contributed by atoms with Crippen LogP contribution in [0.25, 0.3) is 16.5 Å². The number of thiophene rings is 1. The summed E-state index contributed by atoms with van der Waals surface area (Å²) in [5, 5.41) is 33.9. The highest BCUT2D eigenvalue weighted by Gasteiger charge is 2.45. The molecule has 9 rings (SSSR count). The molecule has 382 valence electrons. The normalized spacial score (nSPS) is 20.1. The van der Waals surface area contributed by atoms with E-state index in [1.807, 2.05) is 87.7 Å². The molecule has 0 bridgehead atoms. The molecule has 4 amide bonds. The Balaban J connectivity index is 0.749. The number of nitrogens with one attached hydrogen (secondary N) is 3. The summed E-state index contributed by atoms with van der Waals surface area (Å²) < 4.78 is 19.1. The van der Waals surface area contributed by atoms with Gasteiger partial charge in [0, 0.05) is 64.5 Å². The van der Waals surface area contributed by atoms with E-state index >= 15 is 0 Å². The van der Waals surface area contributed by atoms with Gasteiger partial charge in [-0.2, -0.15) is 4.98 Å². The highest BCUT2D eigenvalue weighted by Crippen LogP contribution is 2.40. The van der Waals surface area contributed by atoms with Crippen molar-refractivity contribution in [1.29, 1.82) is 0 Å². The van der Waals surface area contributed by atoms with Gasteiger partial charge in [0.2, 0.25) is 23.6 Å². The minimum Gasteiger partial charge on any atom is -0.482 e. The number of rotatable bonds is 15. The van der Waals surface area contributed by atoms with Gasteiger partial charge in [-0.3, -0.25) is 28.7 Å². The first-order valence-corrected chi connectivity index (χ1v) is 25.4. The summed E-state index contributed by atoms with van der Waals surface area (Å²) in [6, 6.07) is 15.1. The second kappa shape index (κ2) is 20.8. The SMILES string of the molecule is Cc1noc(-c2ccc([C@H](C)NC(=O)[C@@H]3C[C@@H](O)CN3C(=O)[C@@H](NC(=O)COc3ccc(O[C@H]4C[C@@H](NC(=O)C[C@@H]5N=C(c6ccc(Cl)cc6)c6c(sc(C)c6C)-n6c(C)nnc65)C4)nc3)C(C)(C)C)cc2)n1. The van der Waals surface area contributed by atoms with Gasteiger partial charge in [-0.15, -0.1) is 21.5 Å². The average molecular weight is 1030 g/mol. The maximum atomic E-state index is 14.2. The molecule has 19 nitrogen and oxygen atoms in total. The molecule has 1 saturated heterocycles. The zero-order valence-electron chi connectivity index (χ0n) is 41.8. The summed E-state index contributed by atoms with van der Waals surface area (Å²) in [4.78, 5) is 71.2. The number of β-amino-alcohol motifs (C(OH)–C–C–N with tert-alkyl or cyclic N) is 1. The van der Waals surface area contributed by atoms with Gasteiger partial charge >= 0.3 is 0 Å². The lowest BCUT2D eigenvalue weighted by molar-refractivity contribution is -0.144. The summed E-state index contributed by atoms with van der Waals surface area (Å²) in [5.74, 6) is 1.25. The van der Waals surface area contributed by atoms with Gasteiger partial charge in [-0.25, -0.2) is 4.98 Å². The fourth-order valence-corrected chi connectivity index (χ4v) is 10.6. The van der Waals surface area contributed by atoms with E-state index in [2.05, 4.69) is 55.1 Å². The number of aliphatic hydroxyl groups excluding tert-OH is 1. The molecular weight excluding hydrogens is 974 g/mol. The first-order chi connectivity index (χ1) is 34.8. The van der Waals surface area contributed by atoms with Gasteiger partial charge in [-0.1, -0.05) is 61.8 Å². The molecule has 6 aromatic rings. The molecule has 5 atom stereocenters. The van der Waals surface area contributed by atoms with Crippen molar-refractivity contribution in [2.24, 2.45) is 10.4 Å². The molecule has 21 heteroatoms. The van der Waals surface area contributed by atoms with Crippen molar-refractivity contribution in [3.8, 4) is 28.1 Å². The molecule has 0 unspecified atom stereocenters. The van der Waals surface area contributed by atoms with Crippen molar-refractivity contribution >= 4 is 52.3 Å². The number of halogens is 1. The standard InChI is InChI=1S/C52H58ClN11O8S/c1-26-28(3)73-51-44(26)45(32-13-15-34(53)16-14-32)58-39(47-61-60-30(5)64(47)51)22-41(66)57-35-19-38(20-35)71-43-18-17-37(23-54-43)70-25-42(67)59-46(52(6,7)8)50(69)63-24-36(65)21-40(63)48(68)55-27(2)31-9-11-33(12-10-31)49-56-29(4)62-72-49/h9-18,23,27,35-36,38-40,46,65H,19-22,24-25H2,1-8H3,(H,55,68)(H,57,66)(H,59,67)/t27-,35-,36+,38+,39-,40-,46+/m0/s1. The van der Waals surface area contributed by atoms with Gasteiger partial charge in [0.1, 0.15) is 40.8 Å². The van der Waals surface area contributed by atoms with E-state index in [0.29, 0.717) is 52.9 Å². The topological polar surface area (TPSA) is 241 Å². The number of likely N-dealkylation sites (tertiary alicyclic amines) is 1. The van der Waals surface area contributed by atoms with E-state index in [-0.39, 0.29) is 37.4 Å². The Labute approximate surface area is 431 Å². The fraction of sp³-hybridized carbons (Fsp3) is 0.423. The number of fused-ring (bicyclic) bond motifs is 3. The fourth-order valence-electron chi connectivity index (χ4n) is 9.26. The predicted octanol–water partition coefficient (Wildman–Crippen LogP) is 6.42. The minimum atomic E-state index is -1.04. The first-order valence-electron chi connectivity index (χ1n) is 24.2. The zero-order chi connectivity index (χ0) is 51.9. The number of carbonyl (C=O) groups excluding carboxylic acids is 4. The number of hydrogen-bond donors (Lipinski definition) is 4. The molecule has 4 aromatic heterocycles. The van der Waals surface area contributed by atoms with Crippen molar-refractivity contribution in [2.45, 2.75) is 123 Å². The maximum Gasteiger partial charge on any atom is 0.258 e. The molecule has 4 N–H and O–H groups in total. The monoisotopic (exact) mass is 1030 g/mol. The molecule has 1 aliphatic carbocycles. The number of pyridine rings is 1. The van der Waals surface area contributed by atoms with Crippen LogP contribution < -0.4 is 25.4 Å². The van der Waals surface area contributed by atoms with Crippen molar-refractivity contribution in [2.75, 3.05) is 13.2 Å². The van der Waals surface area contributed by atoms with E-state index < -0.39 is 60.0 Å². The Morgan fingerprint density at radius 2 is 1.66 bits per heavy atom. The molecule has 0 radical (unpaired) electrons. The van der Waals surface area contributed by atoms with E-state index in [9.17, 15) is 24.3 Å². The van der Waals surface area contributed by atoms with Crippen molar-refractivity contribution in [1.82, 2.24) is 50.7 Å². The third-order valence-electron chi connectivity index (χ3n) is 13.4. The molecular formula is C52H58ClN11O8S. The summed E-state index contributed by atoms with van der Waals surface area (Å²) >= 11 is 7.92. The third kappa shape index (κ3) is 11.2. The number of ether oxygens (including phenoxy) is 2. The van der Waals surface area contributed by atoms with Crippen LogP contribution in [0.1, 0.15) is 110 Å². The number of benzene rings is 2. The third-order valence-corrected chi connectivity index (χ3v) is 14.8. The van der Waals surface area contributed by atoms with E-state index in [1.54, 1.807) is 30.4 Å². The van der Waals surface area contributed by atoms with Gasteiger partial charge in [0.15, 0.2) is 18.3 Å². The number of aliphatic hydroxyl groups is 1. The molecule has 3 aliphatic rings. The quantitative estimate of drug-likeness (QED) is 0.0870. The molecule has 2 fully saturated rings. The molecule has 2 aromatic carbocycles. The maximum absolute atomic E-state index is 14.2. The number of aliphatic imine (C=N–C) groups is 1. The van der Waals surface area contributed by atoms with Gasteiger partial charge < -0.3 is 40.0 Å². The molecule has 6 heterocycles. The minimum absolute atomic E-state index is 0.0469. The number of aryl methyl sites for hydroxylation is 3. The Kier molecular flexibility index (Phi) is 14.5. The molecule has 2 aliphatic heterocycles. The number of hydrogen-bond acceptors (Lipinski definition) is 15. The lowest BCUT2D eigenvalue weighted by Gasteiger charge is -2.35. The average Bonchev–Trinajstić information content (AvgIpc) is 4.11. The predicted molar refractivity (Wildman–Crippen MR) is 272 cm³/mol. The van der Waals surface area contributed by atoms with Crippen molar-refractivity contribution in [3.05, 3.63) is 116 Å². The second-order valence-electron chi connectivity index (χ2n) is 20.0. The zero-order valence-corrected chi connectivity index (χ0v) is 43.4. The van der Waals surface area contributed by atoms with Crippen LogP contribution in [0.5, 0.6) is 11.6 Å². The highest BCUT2D eigenvalue weighted by atomic mass is 35.5. The van der Waals surface area contributed by atoms with Gasteiger partial charge in [0.05, 0.1) is 30.5 Å². The van der Waals surface area contributed by atoms with E-state index in [1.165, 1.54) is 11.1 Å². The van der Waals surface area contributed by atoms with Crippen LogP contribution in [-0.2, 0) is 19.2 Å². The first kappa shape index (κ1) is 50.9. The van der Waals surface area contributed by atoms with Crippen LogP contribution in [0.4, 0.5) is 0 Å². The Morgan fingerprint density at radius 1 is 0.932 bits per heavy atom. The van der Waals surface area contributed by atoms with E-state index in [0.717, 1.165) is 43.4 Å².